The molecule has 0 heterocycles. The van der Waals surface area contributed by atoms with E-state index in [9.17, 15) is 14.4 Å². The number of hydrogen-bond acceptors (Lipinski definition) is 3. The molecule has 0 aliphatic heterocycles. The van der Waals surface area contributed by atoms with Gasteiger partial charge in [0.25, 0.3) is 0 Å². The van der Waals surface area contributed by atoms with Crippen LogP contribution in [0.1, 0.15) is 25.7 Å². The lowest BCUT2D eigenvalue weighted by molar-refractivity contribution is -0.127. The normalized spacial score (nSPS) is 21.0. The highest BCUT2D eigenvalue weighted by Gasteiger charge is 2.18. The van der Waals surface area contributed by atoms with Gasteiger partial charge in [-0.2, -0.15) is 0 Å². The first-order valence-electron chi connectivity index (χ1n) is 3.23. The van der Waals surface area contributed by atoms with Crippen molar-refractivity contribution < 1.29 is 14.4 Å². The molecule has 0 amide bonds. The fourth-order valence-corrected chi connectivity index (χ4v) is 0.958. The van der Waals surface area contributed by atoms with E-state index in [0.29, 0.717) is 0 Å². The maximum absolute atomic E-state index is 10.7. The lowest BCUT2D eigenvalue weighted by atomic mass is 10.2. The summed E-state index contributed by atoms with van der Waals surface area (Å²) in [6, 6.07) is 0. The number of Topliss-reactive ketones (excluding diaryl/α,β-unsaturated/α-hetero) is 3. The van der Waals surface area contributed by atoms with Crippen LogP contribution >= 0.6 is 0 Å². The molecule has 3 nitrogen and oxygen atoms in total. The molecule has 0 unspecified atom stereocenters. The van der Waals surface area contributed by atoms with E-state index < -0.39 is 0 Å². The number of carbonyl (C=O) groups excluding carboxylic acids is 3. The largest absolute Gasteiger partial charge is 0.299 e. The topological polar surface area (TPSA) is 51.2 Å². The van der Waals surface area contributed by atoms with Crippen LogP contribution in [0.5, 0.6) is 0 Å². The van der Waals surface area contributed by atoms with Gasteiger partial charge in [0.1, 0.15) is 17.3 Å². The molecule has 0 saturated heterocycles. The lowest BCUT2D eigenvalue weighted by Gasteiger charge is -1.86. The van der Waals surface area contributed by atoms with E-state index in [2.05, 4.69) is 0 Å². The second-order valence-corrected chi connectivity index (χ2v) is 2.47. The summed E-state index contributed by atoms with van der Waals surface area (Å²) in [5, 5.41) is 0. The molecule has 0 aromatic rings. The summed E-state index contributed by atoms with van der Waals surface area (Å²) in [4.78, 5) is 32.0. The van der Waals surface area contributed by atoms with Crippen LogP contribution in [-0.2, 0) is 14.4 Å². The molecule has 0 radical (unpaired) electrons. The highest BCUT2D eigenvalue weighted by Crippen LogP contribution is 2.07. The molecule has 0 aromatic carbocycles. The highest BCUT2D eigenvalue weighted by molar-refractivity contribution is 6.10. The van der Waals surface area contributed by atoms with Crippen molar-refractivity contribution in [3.05, 3.63) is 0 Å². The molecule has 0 bridgehead atoms. The maximum atomic E-state index is 10.7. The van der Waals surface area contributed by atoms with Crippen molar-refractivity contribution in [1.82, 2.24) is 0 Å². The summed E-state index contributed by atoms with van der Waals surface area (Å²) in [5.41, 5.74) is 0. The van der Waals surface area contributed by atoms with E-state index in [1.54, 1.807) is 0 Å². The van der Waals surface area contributed by atoms with Crippen LogP contribution in [0.4, 0.5) is 0 Å². The van der Waals surface area contributed by atoms with Gasteiger partial charge in [-0.15, -0.1) is 0 Å². The van der Waals surface area contributed by atoms with Gasteiger partial charge in [-0.05, 0) is 0 Å². The second-order valence-electron chi connectivity index (χ2n) is 2.47. The Morgan fingerprint density at radius 1 is 0.700 bits per heavy atom. The van der Waals surface area contributed by atoms with E-state index in [1.807, 2.05) is 0 Å². The van der Waals surface area contributed by atoms with E-state index >= 15 is 0 Å². The van der Waals surface area contributed by atoms with Crippen molar-refractivity contribution in [3.8, 4) is 0 Å². The van der Waals surface area contributed by atoms with Crippen molar-refractivity contribution in [1.29, 1.82) is 0 Å². The molecular formula is C7H8O3. The van der Waals surface area contributed by atoms with Gasteiger partial charge in [0.05, 0.1) is 12.8 Å². The van der Waals surface area contributed by atoms with Crippen LogP contribution in [0, 0.1) is 0 Å². The van der Waals surface area contributed by atoms with Crippen molar-refractivity contribution in [3.63, 3.8) is 0 Å². The first-order chi connectivity index (χ1) is 4.68. The fourth-order valence-electron chi connectivity index (χ4n) is 0.958. The van der Waals surface area contributed by atoms with E-state index in [1.165, 1.54) is 0 Å². The zero-order chi connectivity index (χ0) is 7.56. The minimum Gasteiger partial charge on any atom is -0.299 e. The van der Waals surface area contributed by atoms with Gasteiger partial charge in [-0.1, -0.05) is 0 Å². The third-order valence-electron chi connectivity index (χ3n) is 1.47. The number of hydrogen-bond donors (Lipinski definition) is 0. The van der Waals surface area contributed by atoms with Crippen molar-refractivity contribution in [2.45, 2.75) is 25.7 Å². The minimum atomic E-state index is -0.229. The molecule has 0 N–H and O–H groups in total. The van der Waals surface area contributed by atoms with Crippen LogP contribution in [0.25, 0.3) is 0 Å². The Bertz CT molecular complexity index is 173. The summed E-state index contributed by atoms with van der Waals surface area (Å²) in [6.07, 6.45) is 0.437. The Morgan fingerprint density at radius 3 is 1.50 bits per heavy atom. The molecule has 1 aliphatic carbocycles. The monoisotopic (exact) mass is 140 g/mol. The molecule has 3 heteroatoms. The molecule has 1 fully saturated rings. The van der Waals surface area contributed by atoms with E-state index in [-0.39, 0.29) is 43.0 Å². The smallest absolute Gasteiger partial charge is 0.147 e. The molecule has 1 rings (SSSR count). The van der Waals surface area contributed by atoms with Crippen LogP contribution in [-0.4, -0.2) is 17.3 Å². The molecule has 1 aliphatic rings. The van der Waals surface area contributed by atoms with Gasteiger partial charge in [-0.25, -0.2) is 0 Å². The van der Waals surface area contributed by atoms with Crippen molar-refractivity contribution in [2.24, 2.45) is 0 Å². The zero-order valence-electron chi connectivity index (χ0n) is 5.55. The maximum Gasteiger partial charge on any atom is 0.147 e. The summed E-state index contributed by atoms with van der Waals surface area (Å²) < 4.78 is 0. The number of ketones is 3. The van der Waals surface area contributed by atoms with Gasteiger partial charge in [0, 0.05) is 12.8 Å². The van der Waals surface area contributed by atoms with Gasteiger partial charge in [-0.3, -0.25) is 14.4 Å². The SMILES string of the molecule is O=C1CCC(=O)CC(=O)C1. The van der Waals surface area contributed by atoms with Gasteiger partial charge < -0.3 is 0 Å². The quantitative estimate of drug-likeness (QED) is 0.358. The van der Waals surface area contributed by atoms with Gasteiger partial charge in [0.2, 0.25) is 0 Å². The Hall–Kier alpha value is -0.990. The first-order valence-corrected chi connectivity index (χ1v) is 3.23. The molecule has 0 spiro atoms. The average Bonchev–Trinajstić information content (AvgIpc) is 1.93. The van der Waals surface area contributed by atoms with Crippen molar-refractivity contribution in [2.75, 3.05) is 0 Å². The standard InChI is InChI=1S/C7H8O3/c8-5-1-2-6(9)4-7(10)3-5/h1-4H2. The zero-order valence-corrected chi connectivity index (χ0v) is 5.55. The first kappa shape index (κ1) is 7.12. The molecule has 0 atom stereocenters. The van der Waals surface area contributed by atoms with Crippen LogP contribution in [0.15, 0.2) is 0 Å². The lowest BCUT2D eigenvalue weighted by Crippen LogP contribution is -2.04. The predicted octanol–water partition coefficient (Wildman–Crippen LogP) is 0.268. The third-order valence-corrected chi connectivity index (χ3v) is 1.47. The Balaban J connectivity index is 2.63. The van der Waals surface area contributed by atoms with E-state index in [4.69, 9.17) is 0 Å². The second kappa shape index (κ2) is 2.73. The van der Waals surface area contributed by atoms with Crippen LogP contribution < -0.4 is 0 Å². The predicted molar refractivity (Wildman–Crippen MR) is 33.5 cm³/mol. The Kier molecular flexibility index (Phi) is 1.94. The molecule has 54 valence electrons. The third kappa shape index (κ3) is 1.76. The minimum absolute atomic E-state index is 0.0360. The molecule has 10 heavy (non-hydrogen) atoms. The average molecular weight is 140 g/mol. The van der Waals surface area contributed by atoms with Crippen molar-refractivity contribution >= 4 is 17.3 Å². The van der Waals surface area contributed by atoms with Gasteiger partial charge >= 0.3 is 0 Å². The summed E-state index contributed by atoms with van der Waals surface area (Å²) in [7, 11) is 0. The summed E-state index contributed by atoms with van der Waals surface area (Å²) in [5.74, 6) is -0.431. The number of rotatable bonds is 0. The molecule has 1 saturated carbocycles. The Morgan fingerprint density at radius 2 is 1.10 bits per heavy atom. The van der Waals surface area contributed by atoms with Crippen LogP contribution in [0.3, 0.4) is 0 Å². The van der Waals surface area contributed by atoms with E-state index in [0.717, 1.165) is 0 Å². The van der Waals surface area contributed by atoms with Gasteiger partial charge in [0.15, 0.2) is 0 Å². The Labute approximate surface area is 58.4 Å². The molecular weight excluding hydrogens is 132 g/mol. The summed E-state index contributed by atoms with van der Waals surface area (Å²) in [6.45, 7) is 0. The number of carbonyl (C=O) groups is 3. The fraction of sp³-hybridized carbons (Fsp3) is 0.571. The highest BCUT2D eigenvalue weighted by atomic mass is 16.2. The van der Waals surface area contributed by atoms with Crippen LogP contribution in [0.2, 0.25) is 0 Å². The molecule has 0 aromatic heterocycles. The summed E-state index contributed by atoms with van der Waals surface area (Å²) >= 11 is 0.